The number of rotatable bonds is 9. The number of nitrogens with zero attached hydrogens (tertiary/aromatic N) is 3. The molecule has 3 aromatic rings. The molecule has 35 heavy (non-hydrogen) atoms. The lowest BCUT2D eigenvalue weighted by molar-refractivity contribution is -0.140. The molecule has 0 aliphatic heterocycles. The summed E-state index contributed by atoms with van der Waals surface area (Å²) in [5, 5.41) is 21.6. The number of amidine groups is 1. The average Bonchev–Trinajstić information content (AvgIpc) is 2.80. The Morgan fingerprint density at radius 3 is 2.57 bits per heavy atom. The third kappa shape index (κ3) is 6.70. The molecule has 0 unspecified atom stereocenters. The van der Waals surface area contributed by atoms with Crippen molar-refractivity contribution in [2.24, 2.45) is 5.73 Å². The van der Waals surface area contributed by atoms with Gasteiger partial charge < -0.3 is 31.9 Å². The molecule has 0 saturated carbocycles. The van der Waals surface area contributed by atoms with Crippen LogP contribution in [0.1, 0.15) is 28.9 Å². The van der Waals surface area contributed by atoms with E-state index in [1.54, 1.807) is 12.1 Å². The van der Waals surface area contributed by atoms with E-state index >= 15 is 0 Å². The Morgan fingerprint density at radius 1 is 1.20 bits per heavy atom. The van der Waals surface area contributed by atoms with E-state index in [9.17, 15) is 24.3 Å². The van der Waals surface area contributed by atoms with Crippen LogP contribution in [0, 0.1) is 5.41 Å². The minimum Gasteiger partial charge on any atom is -0.480 e. The van der Waals surface area contributed by atoms with E-state index < -0.39 is 35.5 Å². The molecule has 15 nitrogen and oxygen atoms in total. The molecule has 182 valence electrons. The molecule has 1 atom stereocenters. The zero-order valence-electron chi connectivity index (χ0n) is 18.1. The molecule has 0 saturated heterocycles. The summed E-state index contributed by atoms with van der Waals surface area (Å²) in [6.07, 6.45) is 0.846. The van der Waals surface area contributed by atoms with Gasteiger partial charge in [0.25, 0.3) is 17.5 Å². The van der Waals surface area contributed by atoms with Crippen molar-refractivity contribution < 1.29 is 24.2 Å². The number of nitrogens with one attached hydrogen (secondary N) is 4. The lowest BCUT2D eigenvalue weighted by atomic mass is 10.1. The van der Waals surface area contributed by atoms with Gasteiger partial charge in [-0.3, -0.25) is 24.8 Å². The molecule has 0 aliphatic carbocycles. The molecule has 3 rings (SSSR count). The van der Waals surface area contributed by atoms with Crippen molar-refractivity contribution in [2.75, 3.05) is 11.1 Å². The van der Waals surface area contributed by atoms with Crippen LogP contribution < -0.4 is 27.7 Å². The highest BCUT2D eigenvalue weighted by Crippen LogP contribution is 2.12. The van der Waals surface area contributed by atoms with Gasteiger partial charge in [0.2, 0.25) is 5.95 Å². The van der Waals surface area contributed by atoms with E-state index in [0.717, 1.165) is 0 Å². The van der Waals surface area contributed by atoms with Gasteiger partial charge in [-0.15, -0.1) is 0 Å². The van der Waals surface area contributed by atoms with Crippen molar-refractivity contribution in [1.29, 1.82) is 5.41 Å². The smallest absolute Gasteiger partial charge is 0.326 e. The van der Waals surface area contributed by atoms with Crippen molar-refractivity contribution >= 4 is 46.7 Å². The Morgan fingerprint density at radius 2 is 1.91 bits per heavy atom. The molecular formula is C20H21N9O6. The first-order valence-electron chi connectivity index (χ1n) is 10.1. The normalized spacial score (nSPS) is 11.4. The maximum Gasteiger partial charge on any atom is 0.326 e. The molecule has 0 fully saturated rings. The van der Waals surface area contributed by atoms with E-state index in [2.05, 4.69) is 35.3 Å². The third-order valence-electron chi connectivity index (χ3n) is 4.57. The molecule has 0 bridgehead atoms. The molecule has 2 heterocycles. The van der Waals surface area contributed by atoms with Gasteiger partial charge in [-0.1, -0.05) is 0 Å². The Hall–Kier alpha value is -5.08. The second-order valence-electron chi connectivity index (χ2n) is 7.16. The van der Waals surface area contributed by atoms with E-state index in [4.69, 9.17) is 16.9 Å². The van der Waals surface area contributed by atoms with Crippen LogP contribution in [-0.4, -0.2) is 55.0 Å². The molecule has 0 radical (unpaired) electrons. The van der Waals surface area contributed by atoms with Gasteiger partial charge in [-0.25, -0.2) is 14.8 Å². The summed E-state index contributed by atoms with van der Waals surface area (Å²) in [6, 6.07) is 3.99. The van der Waals surface area contributed by atoms with Crippen molar-refractivity contribution in [3.8, 4) is 0 Å². The summed E-state index contributed by atoms with van der Waals surface area (Å²) in [4.78, 5) is 61.8. The van der Waals surface area contributed by atoms with Gasteiger partial charge in [-0.2, -0.15) is 4.98 Å². The van der Waals surface area contributed by atoms with Gasteiger partial charge in [0.05, 0.1) is 18.4 Å². The Kier molecular flexibility index (Phi) is 7.50. The number of carboxylic acids is 1. The third-order valence-corrected chi connectivity index (χ3v) is 4.57. The summed E-state index contributed by atoms with van der Waals surface area (Å²) >= 11 is 0. The molecule has 9 N–H and O–H groups in total. The van der Waals surface area contributed by atoms with E-state index in [0.29, 0.717) is 11.4 Å². The van der Waals surface area contributed by atoms with Crippen molar-refractivity contribution in [2.45, 2.75) is 25.4 Å². The number of aromatic amines is 1. The SMILES string of the molecule is N=C(N)OC(=O)CC[C@H](NC(=O)c1ccc(NCc2cnc3nc(N)[nH]c(=O)c3n2)cc1)C(=O)O. The number of hydrogen-bond acceptors (Lipinski definition) is 11. The first-order chi connectivity index (χ1) is 16.6. The van der Waals surface area contributed by atoms with E-state index in [-0.39, 0.29) is 42.1 Å². The largest absolute Gasteiger partial charge is 0.480 e. The van der Waals surface area contributed by atoms with Crippen molar-refractivity contribution in [3.63, 3.8) is 0 Å². The maximum absolute atomic E-state index is 12.4. The van der Waals surface area contributed by atoms with Crippen LogP contribution in [-0.2, 0) is 20.9 Å². The molecule has 0 aliphatic rings. The molecule has 1 aromatic carbocycles. The highest BCUT2D eigenvalue weighted by molar-refractivity contribution is 5.97. The lowest BCUT2D eigenvalue weighted by Crippen LogP contribution is -2.41. The maximum atomic E-state index is 12.4. The highest BCUT2D eigenvalue weighted by atomic mass is 16.5. The minimum absolute atomic E-state index is 0.0491. The van der Waals surface area contributed by atoms with Gasteiger partial charge in [-0.05, 0) is 30.7 Å². The molecule has 0 spiro atoms. The number of carbonyl (C=O) groups is 3. The lowest BCUT2D eigenvalue weighted by Gasteiger charge is -2.14. The Labute approximate surface area is 196 Å². The molecular weight excluding hydrogens is 462 g/mol. The van der Waals surface area contributed by atoms with Crippen molar-refractivity contribution in [1.82, 2.24) is 25.3 Å². The summed E-state index contributed by atoms with van der Waals surface area (Å²) in [7, 11) is 0. The number of aliphatic carboxylic acids is 1. The molecule has 15 heteroatoms. The zero-order valence-corrected chi connectivity index (χ0v) is 18.1. The topological polar surface area (TPSA) is 252 Å². The highest BCUT2D eigenvalue weighted by Gasteiger charge is 2.22. The number of carbonyl (C=O) groups excluding carboxylic acids is 2. The number of aromatic nitrogens is 4. The zero-order chi connectivity index (χ0) is 25.5. The fraction of sp³-hybridized carbons (Fsp3) is 0.200. The van der Waals surface area contributed by atoms with Crippen LogP contribution in [0.15, 0.2) is 35.3 Å². The fourth-order valence-electron chi connectivity index (χ4n) is 2.92. The predicted molar refractivity (Wildman–Crippen MR) is 122 cm³/mol. The standard InChI is InChI=1S/C20H21N9O6/c21-19(22)35-13(30)6-5-12(18(33)34)27-16(31)9-1-3-10(4-2-9)24-7-11-8-25-15-14(26-11)17(32)29-20(23)28-15/h1-4,8,12,24H,5-7H2,(H3,21,22)(H,27,31)(H,33,34)(H3,23,25,28,29,32)/t12-/m0/s1. The van der Waals surface area contributed by atoms with E-state index in [1.165, 1.54) is 18.3 Å². The second-order valence-corrected chi connectivity index (χ2v) is 7.16. The van der Waals surface area contributed by atoms with Crippen LogP contribution in [0.3, 0.4) is 0 Å². The number of benzene rings is 1. The quantitative estimate of drug-likeness (QED) is 0.113. The first-order valence-corrected chi connectivity index (χ1v) is 10.1. The van der Waals surface area contributed by atoms with Crippen LogP contribution >= 0.6 is 0 Å². The molecule has 1 amide bonds. The van der Waals surface area contributed by atoms with Crippen LogP contribution in [0.4, 0.5) is 11.6 Å². The number of fused-ring (bicyclic) bond motifs is 1. The summed E-state index contributed by atoms with van der Waals surface area (Å²) < 4.78 is 4.35. The number of carboxylic acid groups (broad SMARTS) is 1. The Bertz CT molecular complexity index is 1340. The number of amides is 1. The molecule has 2 aromatic heterocycles. The summed E-state index contributed by atoms with van der Waals surface area (Å²) in [5.41, 5.74) is 11.4. The predicted octanol–water partition coefficient (Wildman–Crippen LogP) is -0.693. The summed E-state index contributed by atoms with van der Waals surface area (Å²) in [6.45, 7) is 0.218. The van der Waals surface area contributed by atoms with Crippen LogP contribution in [0.25, 0.3) is 11.2 Å². The number of ether oxygens (including phenoxy) is 1. The van der Waals surface area contributed by atoms with Crippen molar-refractivity contribution in [3.05, 3.63) is 52.1 Å². The van der Waals surface area contributed by atoms with Gasteiger partial charge in [0.15, 0.2) is 11.2 Å². The number of anilines is 2. The second kappa shape index (κ2) is 10.7. The van der Waals surface area contributed by atoms with Gasteiger partial charge in [0.1, 0.15) is 6.04 Å². The van der Waals surface area contributed by atoms with Gasteiger partial charge in [0, 0.05) is 17.7 Å². The summed E-state index contributed by atoms with van der Waals surface area (Å²) in [5.74, 6) is -2.93. The average molecular weight is 483 g/mol. The van der Waals surface area contributed by atoms with Gasteiger partial charge >= 0.3 is 11.9 Å². The number of esters is 1. The van der Waals surface area contributed by atoms with Crippen LogP contribution in [0.2, 0.25) is 0 Å². The number of hydrogen-bond donors (Lipinski definition) is 7. The Balaban J connectivity index is 1.58. The minimum atomic E-state index is -1.35. The fourth-order valence-corrected chi connectivity index (χ4v) is 2.92. The monoisotopic (exact) mass is 483 g/mol. The number of nitrogens with two attached hydrogens (primary N) is 2. The van der Waals surface area contributed by atoms with E-state index in [1.807, 2.05) is 0 Å². The number of nitrogen functional groups attached to an aromatic ring is 1. The number of H-pyrrole nitrogens is 1. The van der Waals surface area contributed by atoms with Crippen LogP contribution in [0.5, 0.6) is 0 Å². The first kappa shape index (κ1) is 24.6.